The lowest BCUT2D eigenvalue weighted by Gasteiger charge is -2.33. The third-order valence-corrected chi connectivity index (χ3v) is 3.64. The van der Waals surface area contributed by atoms with Gasteiger partial charge in [-0.1, -0.05) is 31.2 Å². The molecule has 0 radical (unpaired) electrons. The van der Waals surface area contributed by atoms with Gasteiger partial charge >= 0.3 is 0 Å². The Bertz CT molecular complexity index is 391. The highest BCUT2D eigenvalue weighted by Gasteiger charge is 2.35. The van der Waals surface area contributed by atoms with Crippen molar-refractivity contribution in [3.05, 3.63) is 35.4 Å². The highest BCUT2D eigenvalue weighted by Crippen LogP contribution is 2.32. The Kier molecular flexibility index (Phi) is 3.10. The van der Waals surface area contributed by atoms with E-state index in [1.807, 2.05) is 31.2 Å². The van der Waals surface area contributed by atoms with Crippen LogP contribution in [0.25, 0.3) is 0 Å². The molecule has 1 aliphatic rings. The van der Waals surface area contributed by atoms with Crippen LogP contribution < -0.4 is 5.32 Å². The zero-order valence-electron chi connectivity index (χ0n) is 10.0. The van der Waals surface area contributed by atoms with Crippen molar-refractivity contribution in [2.24, 2.45) is 5.41 Å². The Morgan fingerprint density at radius 1 is 1.25 bits per heavy atom. The number of hydrogen-bond acceptors (Lipinski definition) is 2. The monoisotopic (exact) mass is 217 g/mol. The van der Waals surface area contributed by atoms with Gasteiger partial charge in [0.25, 0.3) is 0 Å². The van der Waals surface area contributed by atoms with Gasteiger partial charge < -0.3 is 5.32 Å². The molecule has 0 unspecified atom stereocenters. The molecule has 0 spiro atoms. The van der Waals surface area contributed by atoms with E-state index >= 15 is 0 Å². The first-order valence-corrected chi connectivity index (χ1v) is 5.95. The smallest absolute Gasteiger partial charge is 0.169 e. The van der Waals surface area contributed by atoms with Crippen LogP contribution in [0.5, 0.6) is 0 Å². The molecule has 1 aliphatic heterocycles. The van der Waals surface area contributed by atoms with Gasteiger partial charge in [-0.15, -0.1) is 0 Å². The zero-order chi connectivity index (χ0) is 11.6. The van der Waals surface area contributed by atoms with Crippen molar-refractivity contribution < 1.29 is 4.79 Å². The van der Waals surface area contributed by atoms with Crippen molar-refractivity contribution in [1.82, 2.24) is 5.32 Å². The molecule has 2 rings (SSSR count). The average Bonchev–Trinajstić information content (AvgIpc) is 2.30. The maximum Gasteiger partial charge on any atom is 0.169 e. The van der Waals surface area contributed by atoms with Gasteiger partial charge in [-0.3, -0.25) is 4.79 Å². The number of Topliss-reactive ketones (excluding diaryl/α,β-unsaturated/α-hetero) is 1. The first-order valence-electron chi connectivity index (χ1n) is 5.95. The molecule has 86 valence electrons. The number of rotatable bonds is 2. The quantitative estimate of drug-likeness (QED) is 0.771. The normalized spacial score (nSPS) is 19.4. The second kappa shape index (κ2) is 4.38. The molecule has 1 aromatic rings. The summed E-state index contributed by atoms with van der Waals surface area (Å²) in [6, 6.07) is 7.89. The maximum absolute atomic E-state index is 12.5. The van der Waals surface area contributed by atoms with Gasteiger partial charge in [0, 0.05) is 11.0 Å². The lowest BCUT2D eigenvalue weighted by atomic mass is 9.74. The zero-order valence-corrected chi connectivity index (χ0v) is 10.0. The van der Waals surface area contributed by atoms with E-state index in [1.54, 1.807) is 0 Å². The number of carbonyl (C=O) groups excluding carboxylic acids is 1. The summed E-state index contributed by atoms with van der Waals surface area (Å²) in [4.78, 5) is 12.5. The third-order valence-electron chi connectivity index (χ3n) is 3.64. The maximum atomic E-state index is 12.5. The fourth-order valence-corrected chi connectivity index (χ4v) is 2.36. The van der Waals surface area contributed by atoms with Crippen molar-refractivity contribution in [2.45, 2.75) is 26.7 Å². The van der Waals surface area contributed by atoms with E-state index in [0.717, 1.165) is 37.1 Å². The largest absolute Gasteiger partial charge is 0.317 e. The molecule has 0 saturated carbocycles. The lowest BCUT2D eigenvalue weighted by molar-refractivity contribution is 0.0761. The Morgan fingerprint density at radius 2 is 1.88 bits per heavy atom. The van der Waals surface area contributed by atoms with Crippen molar-refractivity contribution in [1.29, 1.82) is 0 Å². The van der Waals surface area contributed by atoms with Crippen LogP contribution in [-0.4, -0.2) is 18.9 Å². The molecule has 1 N–H and O–H groups in total. The predicted octanol–water partition coefficient (Wildman–Crippen LogP) is 2.57. The molecular weight excluding hydrogens is 198 g/mol. The number of nitrogens with one attached hydrogen (secondary N) is 1. The topological polar surface area (TPSA) is 29.1 Å². The Hall–Kier alpha value is -1.15. The second-order valence-corrected chi connectivity index (χ2v) is 4.95. The number of carbonyl (C=O) groups is 1. The van der Waals surface area contributed by atoms with Crippen molar-refractivity contribution in [3.8, 4) is 0 Å². The number of ketones is 1. The summed E-state index contributed by atoms with van der Waals surface area (Å²) in [5.74, 6) is 0.312. The van der Waals surface area contributed by atoms with Crippen LogP contribution in [0, 0.1) is 12.3 Å². The summed E-state index contributed by atoms with van der Waals surface area (Å²) in [5.41, 5.74) is 1.82. The van der Waals surface area contributed by atoms with Crippen LogP contribution >= 0.6 is 0 Å². The molecule has 0 aliphatic carbocycles. The van der Waals surface area contributed by atoms with Crippen molar-refractivity contribution in [2.75, 3.05) is 13.1 Å². The Labute approximate surface area is 97.1 Å². The van der Waals surface area contributed by atoms with E-state index in [4.69, 9.17) is 0 Å². The van der Waals surface area contributed by atoms with E-state index in [-0.39, 0.29) is 5.41 Å². The van der Waals surface area contributed by atoms with Crippen LogP contribution in [0.2, 0.25) is 0 Å². The fourth-order valence-electron chi connectivity index (χ4n) is 2.36. The van der Waals surface area contributed by atoms with Gasteiger partial charge in [-0.2, -0.15) is 0 Å². The molecular formula is C14H19NO. The lowest BCUT2D eigenvalue weighted by Crippen LogP contribution is -2.40. The minimum atomic E-state index is -0.169. The molecule has 0 amide bonds. The number of aryl methyl sites for hydroxylation is 1. The van der Waals surface area contributed by atoms with Crippen molar-refractivity contribution >= 4 is 5.78 Å². The van der Waals surface area contributed by atoms with Crippen LogP contribution in [-0.2, 0) is 0 Å². The molecule has 1 saturated heterocycles. The van der Waals surface area contributed by atoms with Crippen molar-refractivity contribution in [3.63, 3.8) is 0 Å². The number of piperidine rings is 1. The van der Waals surface area contributed by atoms with Crippen LogP contribution in [0.1, 0.15) is 35.7 Å². The standard InChI is InChI=1S/C14H19NO/c1-11-5-3-4-6-12(11)13(16)14(2)7-9-15-10-8-14/h3-6,15H,7-10H2,1-2H3. The number of hydrogen-bond donors (Lipinski definition) is 1. The fraction of sp³-hybridized carbons (Fsp3) is 0.500. The van der Waals surface area contributed by atoms with Crippen LogP contribution in [0.3, 0.4) is 0 Å². The molecule has 2 heteroatoms. The van der Waals surface area contributed by atoms with E-state index in [0.29, 0.717) is 5.78 Å². The van der Waals surface area contributed by atoms with E-state index < -0.39 is 0 Å². The first-order chi connectivity index (χ1) is 7.63. The number of benzene rings is 1. The molecule has 1 heterocycles. The summed E-state index contributed by atoms with van der Waals surface area (Å²) in [5, 5.41) is 3.31. The summed E-state index contributed by atoms with van der Waals surface area (Å²) < 4.78 is 0. The minimum Gasteiger partial charge on any atom is -0.317 e. The Balaban J connectivity index is 2.28. The van der Waals surface area contributed by atoms with Gasteiger partial charge in [0.2, 0.25) is 0 Å². The van der Waals surface area contributed by atoms with Crippen LogP contribution in [0.15, 0.2) is 24.3 Å². The summed E-state index contributed by atoms with van der Waals surface area (Å²) in [6.45, 7) is 6.02. The van der Waals surface area contributed by atoms with Gasteiger partial charge in [0.15, 0.2) is 5.78 Å². The second-order valence-electron chi connectivity index (χ2n) is 4.95. The Morgan fingerprint density at radius 3 is 2.50 bits per heavy atom. The van der Waals surface area contributed by atoms with E-state index in [1.165, 1.54) is 0 Å². The van der Waals surface area contributed by atoms with Crippen LogP contribution in [0.4, 0.5) is 0 Å². The predicted molar refractivity (Wildman–Crippen MR) is 65.7 cm³/mol. The third kappa shape index (κ3) is 2.03. The van der Waals surface area contributed by atoms with Gasteiger partial charge in [0.1, 0.15) is 0 Å². The summed E-state index contributed by atoms with van der Waals surface area (Å²) in [7, 11) is 0. The highest BCUT2D eigenvalue weighted by atomic mass is 16.1. The highest BCUT2D eigenvalue weighted by molar-refractivity contribution is 6.01. The molecule has 0 bridgehead atoms. The molecule has 1 fully saturated rings. The molecule has 16 heavy (non-hydrogen) atoms. The molecule has 2 nitrogen and oxygen atoms in total. The minimum absolute atomic E-state index is 0.169. The molecule has 1 aromatic carbocycles. The summed E-state index contributed by atoms with van der Waals surface area (Å²) in [6.07, 6.45) is 1.89. The molecule has 0 atom stereocenters. The SMILES string of the molecule is Cc1ccccc1C(=O)C1(C)CCNCC1. The van der Waals surface area contributed by atoms with Gasteiger partial charge in [-0.25, -0.2) is 0 Å². The summed E-state index contributed by atoms with van der Waals surface area (Å²) >= 11 is 0. The van der Waals surface area contributed by atoms with E-state index in [9.17, 15) is 4.79 Å². The van der Waals surface area contributed by atoms with Gasteiger partial charge in [0.05, 0.1) is 0 Å². The average molecular weight is 217 g/mol. The molecule has 0 aromatic heterocycles. The van der Waals surface area contributed by atoms with Gasteiger partial charge in [-0.05, 0) is 38.4 Å². The van der Waals surface area contributed by atoms with E-state index in [2.05, 4.69) is 12.2 Å². The first kappa shape index (κ1) is 11.3.